The molecule has 1 aliphatic rings. The van der Waals surface area contributed by atoms with Crippen molar-refractivity contribution in [3.63, 3.8) is 0 Å². The lowest BCUT2D eigenvalue weighted by Gasteiger charge is -2.41. The molecule has 0 radical (unpaired) electrons. The first kappa shape index (κ1) is 15.5. The van der Waals surface area contributed by atoms with Gasteiger partial charge in [0.2, 0.25) is 5.91 Å². The van der Waals surface area contributed by atoms with E-state index in [2.05, 4.69) is 12.2 Å². The minimum absolute atomic E-state index is 0.00287. The van der Waals surface area contributed by atoms with Crippen molar-refractivity contribution in [3.8, 4) is 0 Å². The van der Waals surface area contributed by atoms with E-state index in [1.807, 2.05) is 37.3 Å². The second kappa shape index (κ2) is 6.74. The summed E-state index contributed by atoms with van der Waals surface area (Å²) in [6, 6.07) is 8.58. The Bertz CT molecular complexity index is 501. The van der Waals surface area contributed by atoms with Gasteiger partial charge >= 0.3 is 0 Å². The Hall–Kier alpha value is -1.84. The van der Waals surface area contributed by atoms with Gasteiger partial charge in [-0.25, -0.2) is 0 Å². The lowest BCUT2D eigenvalue weighted by atomic mass is 9.98. The molecular weight excluding hydrogens is 264 g/mol. The van der Waals surface area contributed by atoms with Gasteiger partial charge in [0, 0.05) is 6.04 Å². The highest BCUT2D eigenvalue weighted by molar-refractivity contribution is 5.97. The molecule has 2 amide bonds. The predicted octanol–water partition coefficient (Wildman–Crippen LogP) is 2.65. The van der Waals surface area contributed by atoms with Crippen molar-refractivity contribution < 1.29 is 9.59 Å². The summed E-state index contributed by atoms with van der Waals surface area (Å²) < 4.78 is 0. The molecule has 1 fully saturated rings. The van der Waals surface area contributed by atoms with Crippen molar-refractivity contribution >= 4 is 11.8 Å². The first-order chi connectivity index (χ1) is 10.1. The molecule has 0 bridgehead atoms. The van der Waals surface area contributed by atoms with E-state index in [1.54, 1.807) is 11.8 Å². The van der Waals surface area contributed by atoms with Gasteiger partial charge in [0.05, 0.1) is 0 Å². The average molecular weight is 288 g/mol. The lowest BCUT2D eigenvalue weighted by Crippen LogP contribution is -2.60. The zero-order valence-electron chi connectivity index (χ0n) is 13.0. The summed E-state index contributed by atoms with van der Waals surface area (Å²) in [5.74, 6) is -0.0799. The average Bonchev–Trinajstić information content (AvgIpc) is 2.50. The maximum atomic E-state index is 12.8. The zero-order chi connectivity index (χ0) is 15.4. The highest BCUT2D eigenvalue weighted by atomic mass is 16.2. The minimum atomic E-state index is -0.557. The first-order valence-electron chi connectivity index (χ1n) is 7.73. The Morgan fingerprint density at radius 2 is 1.90 bits per heavy atom. The second-order valence-electron chi connectivity index (χ2n) is 5.77. The van der Waals surface area contributed by atoms with Crippen LogP contribution in [-0.4, -0.2) is 28.8 Å². The Morgan fingerprint density at radius 1 is 1.24 bits per heavy atom. The van der Waals surface area contributed by atoms with E-state index in [0.717, 1.165) is 24.8 Å². The topological polar surface area (TPSA) is 49.4 Å². The Morgan fingerprint density at radius 3 is 2.52 bits per heavy atom. The van der Waals surface area contributed by atoms with Gasteiger partial charge in [-0.1, -0.05) is 50.1 Å². The number of hydrogen-bond acceptors (Lipinski definition) is 2. The van der Waals surface area contributed by atoms with Crippen molar-refractivity contribution in [1.82, 2.24) is 10.2 Å². The lowest BCUT2D eigenvalue weighted by molar-refractivity contribution is -0.151. The van der Waals surface area contributed by atoms with Crippen LogP contribution in [0.4, 0.5) is 0 Å². The summed E-state index contributed by atoms with van der Waals surface area (Å²) in [5, 5.41) is 2.84. The number of nitrogens with zero attached hydrogens (tertiary/aromatic N) is 1. The van der Waals surface area contributed by atoms with Crippen molar-refractivity contribution in [1.29, 1.82) is 0 Å². The van der Waals surface area contributed by atoms with E-state index >= 15 is 0 Å². The molecule has 0 aromatic heterocycles. The van der Waals surface area contributed by atoms with Crippen LogP contribution >= 0.6 is 0 Å². The van der Waals surface area contributed by atoms with Crippen LogP contribution in [0.3, 0.4) is 0 Å². The van der Waals surface area contributed by atoms with E-state index in [1.165, 1.54) is 0 Å². The quantitative estimate of drug-likeness (QED) is 0.905. The van der Waals surface area contributed by atoms with Crippen LogP contribution in [0.5, 0.6) is 0 Å². The number of hydrogen-bond donors (Lipinski definition) is 1. The SMILES string of the molecule is CCCCC(C)N1C(=O)C(c2ccccc2)NC(=O)C1C. The summed E-state index contributed by atoms with van der Waals surface area (Å²) in [5.41, 5.74) is 0.843. The van der Waals surface area contributed by atoms with E-state index in [9.17, 15) is 9.59 Å². The van der Waals surface area contributed by atoms with Gasteiger partial charge in [-0.05, 0) is 25.8 Å². The van der Waals surface area contributed by atoms with Crippen LogP contribution in [0.1, 0.15) is 51.6 Å². The third-order valence-electron chi connectivity index (χ3n) is 4.17. The Labute approximate surface area is 126 Å². The summed E-state index contributed by atoms with van der Waals surface area (Å²) >= 11 is 0. The van der Waals surface area contributed by atoms with Crippen molar-refractivity contribution in [3.05, 3.63) is 35.9 Å². The standard InChI is InChI=1S/C17H24N2O2/c1-4-5-9-12(2)19-13(3)16(20)18-15(17(19)21)14-10-7-6-8-11-14/h6-8,10-13,15H,4-5,9H2,1-3H3,(H,18,20). The molecular formula is C17H24N2O2. The van der Waals surface area contributed by atoms with Crippen LogP contribution in [0, 0.1) is 0 Å². The number of carbonyl (C=O) groups is 2. The molecule has 4 nitrogen and oxygen atoms in total. The van der Waals surface area contributed by atoms with Gasteiger partial charge in [0.15, 0.2) is 0 Å². The number of carbonyl (C=O) groups excluding carboxylic acids is 2. The van der Waals surface area contributed by atoms with Gasteiger partial charge in [0.25, 0.3) is 5.91 Å². The predicted molar refractivity (Wildman–Crippen MR) is 82.6 cm³/mol. The fraction of sp³-hybridized carbons (Fsp3) is 0.529. The molecule has 3 unspecified atom stereocenters. The molecule has 114 valence electrons. The third-order valence-corrected chi connectivity index (χ3v) is 4.17. The van der Waals surface area contributed by atoms with Crippen LogP contribution < -0.4 is 5.32 Å². The molecule has 4 heteroatoms. The van der Waals surface area contributed by atoms with Crippen LogP contribution in [-0.2, 0) is 9.59 Å². The molecule has 3 atom stereocenters. The summed E-state index contributed by atoms with van der Waals surface area (Å²) in [4.78, 5) is 26.8. The number of unbranched alkanes of at least 4 members (excludes halogenated alkanes) is 1. The summed E-state index contributed by atoms with van der Waals surface area (Å²) in [7, 11) is 0. The molecule has 21 heavy (non-hydrogen) atoms. The number of benzene rings is 1. The fourth-order valence-corrected chi connectivity index (χ4v) is 2.90. The van der Waals surface area contributed by atoms with E-state index in [-0.39, 0.29) is 17.9 Å². The maximum absolute atomic E-state index is 12.8. The Balaban J connectivity index is 2.23. The van der Waals surface area contributed by atoms with Gasteiger partial charge in [-0.2, -0.15) is 0 Å². The molecule has 0 spiro atoms. The maximum Gasteiger partial charge on any atom is 0.250 e. The molecule has 1 N–H and O–H groups in total. The van der Waals surface area contributed by atoms with Crippen LogP contribution in [0.25, 0.3) is 0 Å². The van der Waals surface area contributed by atoms with Gasteiger partial charge < -0.3 is 10.2 Å². The smallest absolute Gasteiger partial charge is 0.250 e. The number of piperazine rings is 1. The highest BCUT2D eigenvalue weighted by Gasteiger charge is 2.40. The van der Waals surface area contributed by atoms with Crippen LogP contribution in [0.2, 0.25) is 0 Å². The molecule has 1 aromatic rings. The molecule has 2 rings (SSSR count). The number of amides is 2. The first-order valence-corrected chi connectivity index (χ1v) is 7.73. The highest BCUT2D eigenvalue weighted by Crippen LogP contribution is 2.25. The van der Waals surface area contributed by atoms with Crippen molar-refractivity contribution in [2.24, 2.45) is 0 Å². The van der Waals surface area contributed by atoms with Crippen molar-refractivity contribution in [2.75, 3.05) is 0 Å². The number of rotatable bonds is 5. The molecule has 0 saturated carbocycles. The van der Waals surface area contributed by atoms with Gasteiger partial charge in [-0.15, -0.1) is 0 Å². The molecule has 1 aliphatic heterocycles. The fourth-order valence-electron chi connectivity index (χ4n) is 2.90. The summed E-state index contributed by atoms with van der Waals surface area (Å²) in [6.45, 7) is 5.97. The number of nitrogens with one attached hydrogen (secondary N) is 1. The zero-order valence-corrected chi connectivity index (χ0v) is 13.0. The van der Waals surface area contributed by atoms with E-state index < -0.39 is 12.1 Å². The summed E-state index contributed by atoms with van der Waals surface area (Å²) in [6.07, 6.45) is 3.09. The van der Waals surface area contributed by atoms with Crippen molar-refractivity contribution in [2.45, 2.75) is 58.2 Å². The molecule has 1 saturated heterocycles. The minimum Gasteiger partial charge on any atom is -0.339 e. The molecule has 1 aromatic carbocycles. The largest absolute Gasteiger partial charge is 0.339 e. The van der Waals surface area contributed by atoms with E-state index in [0.29, 0.717) is 0 Å². The normalized spacial score (nSPS) is 23.9. The van der Waals surface area contributed by atoms with Gasteiger partial charge in [-0.3, -0.25) is 9.59 Å². The van der Waals surface area contributed by atoms with Gasteiger partial charge in [0.1, 0.15) is 12.1 Å². The second-order valence-corrected chi connectivity index (χ2v) is 5.77. The monoisotopic (exact) mass is 288 g/mol. The van der Waals surface area contributed by atoms with E-state index in [4.69, 9.17) is 0 Å². The van der Waals surface area contributed by atoms with Crippen LogP contribution in [0.15, 0.2) is 30.3 Å². The molecule has 1 heterocycles. The Kier molecular flexibility index (Phi) is 4.99. The molecule has 0 aliphatic carbocycles. The third kappa shape index (κ3) is 3.26.